The van der Waals surface area contributed by atoms with Crippen LogP contribution in [0.2, 0.25) is 0 Å². The zero-order valence-electron chi connectivity index (χ0n) is 14.8. The van der Waals surface area contributed by atoms with E-state index >= 15 is 0 Å². The van der Waals surface area contributed by atoms with E-state index in [4.69, 9.17) is 0 Å². The lowest BCUT2D eigenvalue weighted by molar-refractivity contribution is -0.116. The fraction of sp³-hybridized carbons (Fsp3) is 0.158. The predicted octanol–water partition coefficient (Wildman–Crippen LogP) is 2.57. The Labute approximate surface area is 158 Å². The Kier molecular flexibility index (Phi) is 4.33. The molecule has 7 nitrogen and oxygen atoms in total. The molecule has 27 heavy (non-hydrogen) atoms. The molecule has 0 saturated carbocycles. The monoisotopic (exact) mass is 379 g/mol. The van der Waals surface area contributed by atoms with E-state index in [9.17, 15) is 9.59 Å². The van der Waals surface area contributed by atoms with Crippen molar-refractivity contribution in [3.63, 3.8) is 0 Å². The van der Waals surface area contributed by atoms with E-state index < -0.39 is 0 Å². The Bertz CT molecular complexity index is 1190. The molecule has 0 aliphatic heterocycles. The van der Waals surface area contributed by atoms with Crippen molar-refractivity contribution in [3.05, 3.63) is 74.6 Å². The number of carbonyl (C=O) groups excluding carboxylic acids is 1. The smallest absolute Gasteiger partial charge is 0.273 e. The molecule has 8 heteroatoms. The van der Waals surface area contributed by atoms with Crippen LogP contribution in [-0.2, 0) is 11.2 Å². The van der Waals surface area contributed by atoms with Crippen LogP contribution in [0.4, 0.5) is 0 Å². The summed E-state index contributed by atoms with van der Waals surface area (Å²) in [6, 6.07) is 9.70. The highest BCUT2D eigenvalue weighted by molar-refractivity contribution is 7.10. The molecule has 0 bridgehead atoms. The van der Waals surface area contributed by atoms with Crippen LogP contribution in [0.3, 0.4) is 0 Å². The molecule has 0 aliphatic carbocycles. The van der Waals surface area contributed by atoms with E-state index in [0.717, 1.165) is 20.8 Å². The second-order valence-electron chi connectivity index (χ2n) is 6.27. The van der Waals surface area contributed by atoms with Crippen molar-refractivity contribution in [1.29, 1.82) is 0 Å². The third kappa shape index (κ3) is 3.26. The van der Waals surface area contributed by atoms with Crippen molar-refractivity contribution in [1.82, 2.24) is 19.4 Å². The van der Waals surface area contributed by atoms with E-state index in [1.807, 2.05) is 49.6 Å². The molecule has 3 aromatic heterocycles. The lowest BCUT2D eigenvalue weighted by Crippen LogP contribution is -2.33. The SMILES string of the molecule is Cc1ccc(-n2ncc3c(=O)n(NC(=O)Cc4cccs4)cnc32)cc1C. The molecule has 4 aromatic rings. The number of hydrogen-bond donors (Lipinski definition) is 1. The van der Waals surface area contributed by atoms with Gasteiger partial charge in [-0.05, 0) is 48.6 Å². The van der Waals surface area contributed by atoms with E-state index in [2.05, 4.69) is 15.5 Å². The maximum atomic E-state index is 12.7. The van der Waals surface area contributed by atoms with Crippen LogP contribution in [0.5, 0.6) is 0 Å². The van der Waals surface area contributed by atoms with Crippen LogP contribution < -0.4 is 11.0 Å². The average Bonchev–Trinajstić information content (AvgIpc) is 3.30. The van der Waals surface area contributed by atoms with Gasteiger partial charge >= 0.3 is 0 Å². The molecule has 0 saturated heterocycles. The van der Waals surface area contributed by atoms with Crippen molar-refractivity contribution < 1.29 is 4.79 Å². The van der Waals surface area contributed by atoms with Gasteiger partial charge in [0.2, 0.25) is 5.91 Å². The first kappa shape index (κ1) is 17.2. The Morgan fingerprint density at radius 3 is 2.81 bits per heavy atom. The Morgan fingerprint density at radius 2 is 2.07 bits per heavy atom. The lowest BCUT2D eigenvalue weighted by atomic mass is 10.1. The van der Waals surface area contributed by atoms with Crippen LogP contribution in [0.25, 0.3) is 16.7 Å². The minimum atomic E-state index is -0.366. The summed E-state index contributed by atoms with van der Waals surface area (Å²) in [6.45, 7) is 4.06. The van der Waals surface area contributed by atoms with Crippen molar-refractivity contribution in [2.24, 2.45) is 0 Å². The Balaban J connectivity index is 1.66. The quantitative estimate of drug-likeness (QED) is 0.591. The van der Waals surface area contributed by atoms with Crippen molar-refractivity contribution in [2.45, 2.75) is 20.3 Å². The molecule has 1 amide bonds. The fourth-order valence-electron chi connectivity index (χ4n) is 2.78. The van der Waals surface area contributed by atoms with Crippen molar-refractivity contribution in [3.8, 4) is 5.69 Å². The minimum Gasteiger partial charge on any atom is -0.273 e. The number of carbonyl (C=O) groups is 1. The van der Waals surface area contributed by atoms with E-state index in [1.54, 1.807) is 4.68 Å². The molecular formula is C19H17N5O2S. The highest BCUT2D eigenvalue weighted by Gasteiger charge is 2.13. The number of thiophene rings is 1. The van der Waals surface area contributed by atoms with Crippen LogP contribution in [0.15, 0.2) is 53.0 Å². The number of fused-ring (bicyclic) bond motifs is 1. The normalized spacial score (nSPS) is 11.0. The largest absolute Gasteiger partial charge is 0.283 e. The molecule has 1 aromatic carbocycles. The minimum absolute atomic E-state index is 0.212. The van der Waals surface area contributed by atoms with Gasteiger partial charge in [0.1, 0.15) is 11.7 Å². The molecule has 0 fully saturated rings. The first-order chi connectivity index (χ1) is 13.0. The zero-order valence-corrected chi connectivity index (χ0v) is 15.7. The number of amides is 1. The standard InChI is InChI=1S/C19H17N5O2S/c1-12-5-6-14(8-13(12)2)24-18-16(10-21-24)19(26)23(11-20-18)22-17(25)9-15-4-3-7-27-15/h3-8,10-11H,9H2,1-2H3,(H,22,25). The molecule has 0 radical (unpaired) electrons. The van der Waals surface area contributed by atoms with Crippen LogP contribution in [0.1, 0.15) is 16.0 Å². The number of aromatic nitrogens is 4. The summed E-state index contributed by atoms with van der Waals surface area (Å²) in [5, 5.41) is 6.55. The first-order valence-electron chi connectivity index (χ1n) is 8.38. The molecule has 0 aliphatic rings. The zero-order chi connectivity index (χ0) is 19.0. The predicted molar refractivity (Wildman–Crippen MR) is 105 cm³/mol. The number of rotatable bonds is 4. The van der Waals surface area contributed by atoms with Gasteiger partial charge in [0.05, 0.1) is 18.3 Å². The lowest BCUT2D eigenvalue weighted by Gasteiger charge is -2.08. The molecule has 0 spiro atoms. The van der Waals surface area contributed by atoms with Gasteiger partial charge in [-0.25, -0.2) is 14.3 Å². The summed E-state index contributed by atoms with van der Waals surface area (Å²) in [7, 11) is 0. The van der Waals surface area contributed by atoms with Gasteiger partial charge in [-0.15, -0.1) is 11.3 Å². The third-order valence-electron chi connectivity index (χ3n) is 4.38. The Morgan fingerprint density at radius 1 is 1.22 bits per heavy atom. The van der Waals surface area contributed by atoms with Gasteiger partial charge in [0.25, 0.3) is 5.56 Å². The maximum absolute atomic E-state index is 12.7. The van der Waals surface area contributed by atoms with E-state index in [1.165, 1.54) is 29.4 Å². The van der Waals surface area contributed by atoms with E-state index in [0.29, 0.717) is 11.0 Å². The van der Waals surface area contributed by atoms with Gasteiger partial charge in [0, 0.05) is 4.88 Å². The molecule has 0 atom stereocenters. The third-order valence-corrected chi connectivity index (χ3v) is 5.26. The van der Waals surface area contributed by atoms with Gasteiger partial charge in [-0.2, -0.15) is 5.10 Å². The van der Waals surface area contributed by atoms with Crippen molar-refractivity contribution in [2.75, 3.05) is 5.43 Å². The second kappa shape index (κ2) is 6.81. The number of aryl methyl sites for hydroxylation is 2. The summed E-state index contributed by atoms with van der Waals surface area (Å²) in [5.41, 5.74) is 5.81. The fourth-order valence-corrected chi connectivity index (χ4v) is 3.49. The first-order valence-corrected chi connectivity index (χ1v) is 9.26. The molecule has 3 heterocycles. The highest BCUT2D eigenvalue weighted by atomic mass is 32.1. The van der Waals surface area contributed by atoms with Gasteiger partial charge in [-0.3, -0.25) is 15.0 Å². The number of hydrogen-bond acceptors (Lipinski definition) is 5. The topological polar surface area (TPSA) is 81.8 Å². The van der Waals surface area contributed by atoms with Crippen LogP contribution in [-0.4, -0.2) is 25.3 Å². The number of nitrogens with zero attached hydrogens (tertiary/aromatic N) is 4. The number of benzene rings is 1. The molecule has 1 N–H and O–H groups in total. The highest BCUT2D eigenvalue weighted by Crippen LogP contribution is 2.17. The summed E-state index contributed by atoms with van der Waals surface area (Å²) >= 11 is 1.49. The average molecular weight is 379 g/mol. The molecule has 0 unspecified atom stereocenters. The molecule has 4 rings (SSSR count). The molecule has 136 valence electrons. The van der Waals surface area contributed by atoms with Gasteiger partial charge < -0.3 is 0 Å². The summed E-state index contributed by atoms with van der Waals surface area (Å²) in [6.07, 6.45) is 3.00. The second-order valence-corrected chi connectivity index (χ2v) is 7.31. The molecular weight excluding hydrogens is 362 g/mol. The van der Waals surface area contributed by atoms with Crippen LogP contribution >= 0.6 is 11.3 Å². The maximum Gasteiger partial charge on any atom is 0.283 e. The summed E-state index contributed by atoms with van der Waals surface area (Å²) < 4.78 is 2.73. The van der Waals surface area contributed by atoms with E-state index in [-0.39, 0.29) is 17.9 Å². The Hall–Kier alpha value is -3.26. The van der Waals surface area contributed by atoms with Crippen molar-refractivity contribution >= 4 is 28.3 Å². The van der Waals surface area contributed by atoms with Gasteiger partial charge in [-0.1, -0.05) is 12.1 Å². The summed E-state index contributed by atoms with van der Waals surface area (Å²) in [5.74, 6) is -0.276. The van der Waals surface area contributed by atoms with Gasteiger partial charge in [0.15, 0.2) is 5.65 Å². The van der Waals surface area contributed by atoms with Crippen LogP contribution in [0, 0.1) is 13.8 Å². The number of nitrogens with one attached hydrogen (secondary N) is 1. The summed E-state index contributed by atoms with van der Waals surface area (Å²) in [4.78, 5) is 30.1.